The first-order valence-electron chi connectivity index (χ1n) is 5.78. The molecule has 0 radical (unpaired) electrons. The first kappa shape index (κ1) is 20.1. The summed E-state index contributed by atoms with van der Waals surface area (Å²) in [6, 6.07) is 1.34. The fourth-order valence-electron chi connectivity index (χ4n) is 1.29. The SMILES string of the molecule is CNC(C)CNS(=O)(=O)c1sc(C(=O)OC)cc1OC.Cl. The van der Waals surface area contributed by atoms with Crippen molar-refractivity contribution in [1.29, 1.82) is 0 Å². The Morgan fingerprint density at radius 3 is 2.52 bits per heavy atom. The minimum absolute atomic E-state index is 0. The van der Waals surface area contributed by atoms with Crippen LogP contribution in [0.1, 0.15) is 16.6 Å². The van der Waals surface area contributed by atoms with Crippen LogP contribution >= 0.6 is 23.7 Å². The molecule has 1 rings (SSSR count). The van der Waals surface area contributed by atoms with Gasteiger partial charge in [0, 0.05) is 18.7 Å². The molecule has 1 atom stereocenters. The summed E-state index contributed by atoms with van der Waals surface area (Å²) in [5.41, 5.74) is 0. The lowest BCUT2D eigenvalue weighted by molar-refractivity contribution is 0.0606. The summed E-state index contributed by atoms with van der Waals surface area (Å²) < 4.78 is 36.4. The molecule has 21 heavy (non-hydrogen) atoms. The number of hydrogen-bond donors (Lipinski definition) is 2. The van der Waals surface area contributed by atoms with E-state index in [9.17, 15) is 13.2 Å². The van der Waals surface area contributed by atoms with Gasteiger partial charge in [0.1, 0.15) is 4.88 Å². The Hall–Kier alpha value is -0.870. The number of hydrogen-bond acceptors (Lipinski definition) is 7. The molecule has 0 amide bonds. The minimum Gasteiger partial charge on any atom is -0.494 e. The average molecular weight is 359 g/mol. The molecule has 0 bridgehead atoms. The quantitative estimate of drug-likeness (QED) is 0.702. The summed E-state index contributed by atoms with van der Waals surface area (Å²) in [4.78, 5) is 11.6. The summed E-state index contributed by atoms with van der Waals surface area (Å²) in [6.07, 6.45) is 0. The Morgan fingerprint density at radius 1 is 1.43 bits per heavy atom. The van der Waals surface area contributed by atoms with E-state index in [4.69, 9.17) is 4.74 Å². The maximum Gasteiger partial charge on any atom is 0.348 e. The van der Waals surface area contributed by atoms with Crippen molar-refractivity contribution >= 4 is 39.7 Å². The summed E-state index contributed by atoms with van der Waals surface area (Å²) in [7, 11) is 0.580. The third-order valence-electron chi connectivity index (χ3n) is 2.59. The van der Waals surface area contributed by atoms with Gasteiger partial charge in [0.25, 0.3) is 10.0 Å². The lowest BCUT2D eigenvalue weighted by Crippen LogP contribution is -2.36. The van der Waals surface area contributed by atoms with Crippen molar-refractivity contribution in [2.45, 2.75) is 17.2 Å². The number of nitrogens with one attached hydrogen (secondary N) is 2. The molecule has 0 saturated carbocycles. The lowest BCUT2D eigenvalue weighted by atomic mass is 10.4. The van der Waals surface area contributed by atoms with E-state index < -0.39 is 16.0 Å². The Kier molecular flexibility index (Phi) is 8.19. The summed E-state index contributed by atoms with van der Waals surface area (Å²) in [5, 5.41) is 2.92. The Bertz CT molecular complexity index is 573. The number of likely N-dealkylation sites (N-methyl/N-ethyl adjacent to an activating group) is 1. The highest BCUT2D eigenvalue weighted by atomic mass is 35.5. The van der Waals surface area contributed by atoms with Crippen molar-refractivity contribution in [3.63, 3.8) is 0 Å². The molecular formula is C11H19ClN2O5S2. The molecule has 1 heterocycles. The molecule has 1 aromatic rings. The molecule has 0 spiro atoms. The summed E-state index contributed by atoms with van der Waals surface area (Å²) in [5.74, 6) is -0.474. The van der Waals surface area contributed by atoms with Crippen LogP contribution in [0.15, 0.2) is 10.3 Å². The number of carbonyl (C=O) groups excluding carboxylic acids is 1. The Balaban J connectivity index is 0.00000400. The average Bonchev–Trinajstić information content (AvgIpc) is 2.89. The van der Waals surface area contributed by atoms with Gasteiger partial charge in [-0.2, -0.15) is 0 Å². The zero-order valence-electron chi connectivity index (χ0n) is 12.1. The molecule has 0 aliphatic carbocycles. The third kappa shape index (κ3) is 5.11. The molecule has 122 valence electrons. The van der Waals surface area contributed by atoms with Crippen LogP contribution in [0, 0.1) is 0 Å². The van der Waals surface area contributed by atoms with Crippen LogP contribution in [0.3, 0.4) is 0 Å². The van der Waals surface area contributed by atoms with Crippen molar-refractivity contribution in [3.05, 3.63) is 10.9 Å². The first-order valence-corrected chi connectivity index (χ1v) is 8.08. The molecule has 0 aromatic carbocycles. The fourth-order valence-corrected chi connectivity index (χ4v) is 3.96. The summed E-state index contributed by atoms with van der Waals surface area (Å²) >= 11 is 0.813. The standard InChI is InChI=1S/C11H18N2O5S2.ClH/c1-7(12-2)6-13-20(15,16)11-8(17-3)5-9(19-11)10(14)18-4;/h5,7,12-13H,6H2,1-4H3;1H. The topological polar surface area (TPSA) is 93.7 Å². The molecule has 0 saturated heterocycles. The van der Waals surface area contributed by atoms with E-state index in [2.05, 4.69) is 14.8 Å². The number of ether oxygens (including phenoxy) is 2. The predicted octanol–water partition coefficient (Wildman–Crippen LogP) is 0.851. The minimum atomic E-state index is -3.73. The molecule has 0 aliphatic heterocycles. The van der Waals surface area contributed by atoms with Gasteiger partial charge in [-0.15, -0.1) is 23.7 Å². The van der Waals surface area contributed by atoms with Gasteiger partial charge in [0.05, 0.1) is 14.2 Å². The van der Waals surface area contributed by atoms with Gasteiger partial charge >= 0.3 is 5.97 Å². The first-order chi connectivity index (χ1) is 9.35. The van der Waals surface area contributed by atoms with Gasteiger partial charge in [0.2, 0.25) is 0 Å². The third-order valence-corrected chi connectivity index (χ3v) is 5.62. The molecule has 2 N–H and O–H groups in total. The molecule has 1 aromatic heterocycles. The van der Waals surface area contributed by atoms with Crippen molar-refractivity contribution in [1.82, 2.24) is 10.0 Å². The van der Waals surface area contributed by atoms with E-state index in [-0.39, 0.29) is 39.8 Å². The highest BCUT2D eigenvalue weighted by Crippen LogP contribution is 2.33. The largest absolute Gasteiger partial charge is 0.494 e. The number of esters is 1. The molecule has 0 aliphatic rings. The van der Waals surface area contributed by atoms with E-state index in [1.54, 1.807) is 7.05 Å². The Labute approximate surface area is 134 Å². The zero-order valence-corrected chi connectivity index (χ0v) is 14.6. The molecule has 1 unspecified atom stereocenters. The second-order valence-electron chi connectivity index (χ2n) is 4.00. The normalized spacial score (nSPS) is 12.4. The van der Waals surface area contributed by atoms with Gasteiger partial charge < -0.3 is 14.8 Å². The van der Waals surface area contributed by atoms with Crippen molar-refractivity contribution in [3.8, 4) is 5.75 Å². The van der Waals surface area contributed by atoms with E-state index >= 15 is 0 Å². The van der Waals surface area contributed by atoms with Crippen LogP contribution in [0.25, 0.3) is 0 Å². The van der Waals surface area contributed by atoms with Gasteiger partial charge in [-0.25, -0.2) is 17.9 Å². The number of sulfonamides is 1. The van der Waals surface area contributed by atoms with Crippen molar-refractivity contribution in [2.24, 2.45) is 0 Å². The van der Waals surface area contributed by atoms with Crippen LogP contribution in [0.2, 0.25) is 0 Å². The van der Waals surface area contributed by atoms with Gasteiger partial charge in [-0.3, -0.25) is 0 Å². The van der Waals surface area contributed by atoms with Crippen LogP contribution in [0.4, 0.5) is 0 Å². The zero-order chi connectivity index (χ0) is 15.3. The smallest absolute Gasteiger partial charge is 0.348 e. The van der Waals surface area contributed by atoms with Gasteiger partial charge in [-0.05, 0) is 14.0 Å². The van der Waals surface area contributed by atoms with Crippen LogP contribution in [-0.4, -0.2) is 48.2 Å². The number of rotatable bonds is 7. The summed E-state index contributed by atoms with van der Waals surface area (Å²) in [6.45, 7) is 2.07. The maximum atomic E-state index is 12.2. The molecule has 10 heteroatoms. The second kappa shape index (κ2) is 8.54. The molecule has 0 fully saturated rings. The monoisotopic (exact) mass is 358 g/mol. The van der Waals surface area contributed by atoms with E-state index in [0.29, 0.717) is 0 Å². The number of carbonyl (C=O) groups is 1. The molecule has 7 nitrogen and oxygen atoms in total. The lowest BCUT2D eigenvalue weighted by Gasteiger charge is -2.11. The van der Waals surface area contributed by atoms with Crippen LogP contribution in [0.5, 0.6) is 5.75 Å². The van der Waals surface area contributed by atoms with E-state index in [1.165, 1.54) is 20.3 Å². The Morgan fingerprint density at radius 2 is 2.05 bits per heavy atom. The number of halogens is 1. The van der Waals surface area contributed by atoms with Crippen LogP contribution < -0.4 is 14.8 Å². The van der Waals surface area contributed by atoms with Gasteiger partial charge in [0.15, 0.2) is 9.96 Å². The predicted molar refractivity (Wildman–Crippen MR) is 83.2 cm³/mol. The number of thiophene rings is 1. The van der Waals surface area contributed by atoms with Crippen molar-refractivity contribution in [2.75, 3.05) is 27.8 Å². The fraction of sp³-hybridized carbons (Fsp3) is 0.545. The van der Waals surface area contributed by atoms with Gasteiger partial charge in [-0.1, -0.05) is 0 Å². The highest BCUT2D eigenvalue weighted by molar-refractivity contribution is 7.91. The second-order valence-corrected chi connectivity index (χ2v) is 7.01. The van der Waals surface area contributed by atoms with E-state index in [0.717, 1.165) is 11.3 Å². The van der Waals surface area contributed by atoms with Crippen molar-refractivity contribution < 1.29 is 22.7 Å². The molecular weight excluding hydrogens is 340 g/mol. The van der Waals surface area contributed by atoms with E-state index in [1.807, 2.05) is 6.92 Å². The maximum absolute atomic E-state index is 12.2. The number of methoxy groups -OCH3 is 2. The van der Waals surface area contributed by atoms with Crippen LogP contribution in [-0.2, 0) is 14.8 Å². The highest BCUT2D eigenvalue weighted by Gasteiger charge is 2.26.